The molecule has 0 radical (unpaired) electrons. The molecule has 1 atom stereocenters. The van der Waals surface area contributed by atoms with Crippen LogP contribution in [0, 0.1) is 0 Å². The molecule has 0 saturated carbocycles. The second kappa shape index (κ2) is 5.35. The van der Waals surface area contributed by atoms with Crippen molar-refractivity contribution < 1.29 is 4.74 Å². The quantitative estimate of drug-likeness (QED) is 0.913. The fourth-order valence-corrected chi connectivity index (χ4v) is 2.80. The number of fused-ring (bicyclic) bond motifs is 1. The molecule has 1 aromatic heterocycles. The lowest BCUT2D eigenvalue weighted by Gasteiger charge is -2.20. The number of hydrogen-bond donors (Lipinski definition) is 2. The number of benzene rings is 1. The van der Waals surface area contributed by atoms with Crippen LogP contribution in [0.2, 0.25) is 0 Å². The lowest BCUT2D eigenvalue weighted by molar-refractivity contribution is 0.288. The minimum atomic E-state index is 0.0959. The van der Waals surface area contributed by atoms with Crippen LogP contribution in [0.3, 0.4) is 0 Å². The van der Waals surface area contributed by atoms with Crippen molar-refractivity contribution in [3.63, 3.8) is 0 Å². The van der Waals surface area contributed by atoms with Crippen LogP contribution < -0.4 is 10.5 Å². The summed E-state index contributed by atoms with van der Waals surface area (Å²) in [6, 6.07) is 6.32. The van der Waals surface area contributed by atoms with Gasteiger partial charge in [0.05, 0.1) is 18.7 Å². The highest BCUT2D eigenvalue weighted by atomic mass is 79.9. The Balaban J connectivity index is 1.95. The van der Waals surface area contributed by atoms with Gasteiger partial charge in [0, 0.05) is 6.54 Å². The van der Waals surface area contributed by atoms with E-state index in [-0.39, 0.29) is 5.92 Å². The van der Waals surface area contributed by atoms with Gasteiger partial charge in [0.2, 0.25) is 0 Å². The van der Waals surface area contributed by atoms with E-state index in [4.69, 9.17) is 10.5 Å². The van der Waals surface area contributed by atoms with Crippen molar-refractivity contribution in [3.8, 4) is 5.75 Å². The summed E-state index contributed by atoms with van der Waals surface area (Å²) in [4.78, 5) is 7.56. The van der Waals surface area contributed by atoms with Crippen LogP contribution in [0.4, 0.5) is 0 Å². The van der Waals surface area contributed by atoms with Crippen molar-refractivity contribution in [3.05, 3.63) is 46.0 Å². The maximum atomic E-state index is 5.92. The molecule has 19 heavy (non-hydrogen) atoms. The molecule has 0 spiro atoms. The molecule has 4 nitrogen and oxygen atoms in total. The lowest BCUT2D eigenvalue weighted by Crippen LogP contribution is -2.16. The molecule has 0 bridgehead atoms. The lowest BCUT2D eigenvalue weighted by atomic mass is 9.94. The van der Waals surface area contributed by atoms with Gasteiger partial charge < -0.3 is 15.5 Å². The van der Waals surface area contributed by atoms with Gasteiger partial charge in [-0.05, 0) is 46.0 Å². The minimum absolute atomic E-state index is 0.0959. The molecule has 0 aliphatic carbocycles. The summed E-state index contributed by atoms with van der Waals surface area (Å²) in [6.45, 7) is 1.34. The van der Waals surface area contributed by atoms with Gasteiger partial charge in [0.1, 0.15) is 16.2 Å². The molecule has 5 heteroatoms. The Morgan fingerprint density at radius 3 is 3.11 bits per heavy atom. The predicted octanol–water partition coefficient (Wildman–Crippen LogP) is 2.59. The number of nitrogens with two attached hydrogens (primary N) is 1. The Kier molecular flexibility index (Phi) is 3.57. The number of aryl methyl sites for hydroxylation is 1. The van der Waals surface area contributed by atoms with Crippen molar-refractivity contribution in [1.82, 2.24) is 9.97 Å². The molecule has 3 N–H and O–H groups in total. The van der Waals surface area contributed by atoms with E-state index in [0.29, 0.717) is 6.54 Å². The number of nitrogens with one attached hydrogen (secondary N) is 1. The molecular weight excluding hydrogens is 306 g/mol. The highest BCUT2D eigenvalue weighted by Crippen LogP contribution is 2.30. The van der Waals surface area contributed by atoms with E-state index in [9.17, 15) is 0 Å². The topological polar surface area (TPSA) is 63.9 Å². The first-order valence-corrected chi connectivity index (χ1v) is 7.23. The second-order valence-corrected chi connectivity index (χ2v) is 5.58. The molecule has 0 saturated heterocycles. The summed E-state index contributed by atoms with van der Waals surface area (Å²) >= 11 is 3.38. The van der Waals surface area contributed by atoms with E-state index >= 15 is 0 Å². The van der Waals surface area contributed by atoms with Crippen molar-refractivity contribution >= 4 is 15.9 Å². The van der Waals surface area contributed by atoms with Gasteiger partial charge in [0.15, 0.2) is 0 Å². The molecule has 1 aliphatic rings. The number of H-pyrrole nitrogens is 1. The van der Waals surface area contributed by atoms with Gasteiger partial charge in [-0.25, -0.2) is 4.98 Å². The Bertz CT molecular complexity index is 582. The normalized spacial score (nSPS) is 15.7. The molecule has 1 aromatic carbocycles. The van der Waals surface area contributed by atoms with Crippen LogP contribution in [0.15, 0.2) is 29.0 Å². The molecule has 3 rings (SSSR count). The molecule has 1 aliphatic heterocycles. The summed E-state index contributed by atoms with van der Waals surface area (Å²) in [5, 5.41) is 0. The van der Waals surface area contributed by atoms with Gasteiger partial charge in [-0.1, -0.05) is 12.1 Å². The SMILES string of the molecule is NCC(c1ccc2c(c1)CCCO2)c1ncc(Br)[nH]1. The van der Waals surface area contributed by atoms with Crippen LogP contribution in [0.5, 0.6) is 5.75 Å². The molecule has 100 valence electrons. The maximum absolute atomic E-state index is 5.92. The Hall–Kier alpha value is -1.33. The van der Waals surface area contributed by atoms with E-state index in [1.165, 1.54) is 11.1 Å². The van der Waals surface area contributed by atoms with E-state index in [2.05, 4.69) is 38.0 Å². The highest BCUT2D eigenvalue weighted by Gasteiger charge is 2.18. The largest absolute Gasteiger partial charge is 0.493 e. The van der Waals surface area contributed by atoms with E-state index < -0.39 is 0 Å². The third kappa shape index (κ3) is 2.53. The zero-order valence-electron chi connectivity index (χ0n) is 10.5. The first kappa shape index (κ1) is 12.7. The minimum Gasteiger partial charge on any atom is -0.493 e. The number of aromatic nitrogens is 2. The Labute approximate surface area is 120 Å². The fourth-order valence-electron chi connectivity index (χ4n) is 2.49. The first-order valence-electron chi connectivity index (χ1n) is 6.44. The van der Waals surface area contributed by atoms with Gasteiger partial charge in [-0.15, -0.1) is 0 Å². The third-order valence-electron chi connectivity index (χ3n) is 3.47. The van der Waals surface area contributed by atoms with Crippen molar-refractivity contribution in [2.75, 3.05) is 13.2 Å². The summed E-state index contributed by atoms with van der Waals surface area (Å²) in [7, 11) is 0. The standard InChI is InChI=1S/C14H16BrN3O/c15-13-8-17-14(18-13)11(7-16)9-3-4-12-10(6-9)2-1-5-19-12/h3-4,6,8,11H,1-2,5,7,16H2,(H,17,18). The summed E-state index contributed by atoms with van der Waals surface area (Å²) in [6.07, 6.45) is 3.91. The second-order valence-electron chi connectivity index (χ2n) is 4.72. The highest BCUT2D eigenvalue weighted by molar-refractivity contribution is 9.10. The molecule has 0 fully saturated rings. The zero-order valence-corrected chi connectivity index (χ0v) is 12.1. The average Bonchev–Trinajstić information content (AvgIpc) is 2.86. The van der Waals surface area contributed by atoms with E-state index in [1.54, 1.807) is 6.20 Å². The van der Waals surface area contributed by atoms with Crippen molar-refractivity contribution in [2.45, 2.75) is 18.8 Å². The number of ether oxygens (including phenoxy) is 1. The Morgan fingerprint density at radius 1 is 1.47 bits per heavy atom. The first-order chi connectivity index (χ1) is 9.28. The van der Waals surface area contributed by atoms with E-state index in [0.717, 1.165) is 35.6 Å². The van der Waals surface area contributed by atoms with Gasteiger partial charge in [-0.2, -0.15) is 0 Å². The monoisotopic (exact) mass is 321 g/mol. The van der Waals surface area contributed by atoms with Crippen LogP contribution >= 0.6 is 15.9 Å². The van der Waals surface area contributed by atoms with Gasteiger partial charge in [0.25, 0.3) is 0 Å². The molecule has 0 amide bonds. The number of rotatable bonds is 3. The molecule has 2 heterocycles. The predicted molar refractivity (Wildman–Crippen MR) is 77.4 cm³/mol. The number of imidazole rings is 1. The van der Waals surface area contributed by atoms with Crippen LogP contribution in [-0.2, 0) is 6.42 Å². The number of aromatic amines is 1. The summed E-state index contributed by atoms with van der Waals surface area (Å²) in [5.41, 5.74) is 8.38. The summed E-state index contributed by atoms with van der Waals surface area (Å²) < 4.78 is 6.52. The number of hydrogen-bond acceptors (Lipinski definition) is 3. The fraction of sp³-hybridized carbons (Fsp3) is 0.357. The van der Waals surface area contributed by atoms with Crippen molar-refractivity contribution in [2.24, 2.45) is 5.73 Å². The van der Waals surface area contributed by atoms with Crippen LogP contribution in [0.1, 0.15) is 29.3 Å². The molecule has 2 aromatic rings. The maximum Gasteiger partial charge on any atom is 0.122 e. The number of nitrogens with zero attached hydrogens (tertiary/aromatic N) is 1. The molecular formula is C14H16BrN3O. The van der Waals surface area contributed by atoms with Gasteiger partial charge >= 0.3 is 0 Å². The number of halogens is 1. The van der Waals surface area contributed by atoms with E-state index in [1.807, 2.05) is 6.07 Å². The average molecular weight is 322 g/mol. The third-order valence-corrected chi connectivity index (χ3v) is 3.87. The van der Waals surface area contributed by atoms with Gasteiger partial charge in [-0.3, -0.25) is 0 Å². The summed E-state index contributed by atoms with van der Waals surface area (Å²) in [5.74, 6) is 2.00. The molecule has 1 unspecified atom stereocenters. The smallest absolute Gasteiger partial charge is 0.122 e. The van der Waals surface area contributed by atoms with Crippen molar-refractivity contribution in [1.29, 1.82) is 0 Å². The zero-order chi connectivity index (χ0) is 13.2. The Morgan fingerprint density at radius 2 is 2.37 bits per heavy atom. The van der Waals surface area contributed by atoms with Crippen LogP contribution in [0.25, 0.3) is 0 Å². The van der Waals surface area contributed by atoms with Crippen LogP contribution in [-0.4, -0.2) is 23.1 Å².